The van der Waals surface area contributed by atoms with E-state index < -0.39 is 0 Å². The highest BCUT2D eigenvalue weighted by Gasteiger charge is 2.08. The molecular weight excluding hydrogens is 314 g/mol. The van der Waals surface area contributed by atoms with Crippen LogP contribution in [-0.4, -0.2) is 15.5 Å². The van der Waals surface area contributed by atoms with Gasteiger partial charge in [-0.1, -0.05) is 24.1 Å². The van der Waals surface area contributed by atoms with Crippen LogP contribution in [0.25, 0.3) is 10.9 Å². The summed E-state index contributed by atoms with van der Waals surface area (Å²) in [5.41, 5.74) is 2.84. The Morgan fingerprint density at radius 3 is 2.88 bits per heavy atom. The number of amides is 1. The van der Waals surface area contributed by atoms with Gasteiger partial charge in [-0.15, -0.1) is 6.42 Å². The summed E-state index contributed by atoms with van der Waals surface area (Å²) in [7, 11) is 0. The lowest BCUT2D eigenvalue weighted by Gasteiger charge is -2.09. The lowest BCUT2D eigenvalue weighted by atomic mass is 10.1. The van der Waals surface area contributed by atoms with Gasteiger partial charge < -0.3 is 5.32 Å². The number of benzene rings is 2. The van der Waals surface area contributed by atoms with E-state index in [1.807, 2.05) is 19.1 Å². The summed E-state index contributed by atoms with van der Waals surface area (Å²) in [4.78, 5) is 29.0. The predicted molar refractivity (Wildman–Crippen MR) is 98.4 cm³/mol. The molecule has 0 saturated heterocycles. The molecule has 0 unspecified atom stereocenters. The molecular formula is C20H17N3O2. The van der Waals surface area contributed by atoms with Crippen LogP contribution in [-0.2, 0) is 11.3 Å². The fourth-order valence-electron chi connectivity index (χ4n) is 2.63. The van der Waals surface area contributed by atoms with Gasteiger partial charge in [0, 0.05) is 24.2 Å². The zero-order valence-electron chi connectivity index (χ0n) is 13.8. The van der Waals surface area contributed by atoms with Gasteiger partial charge in [0.2, 0.25) is 5.91 Å². The molecule has 0 saturated carbocycles. The molecule has 2 aromatic carbocycles. The average Bonchev–Trinajstić information content (AvgIpc) is 2.62. The highest BCUT2D eigenvalue weighted by Crippen LogP contribution is 2.12. The summed E-state index contributed by atoms with van der Waals surface area (Å²) in [6, 6.07) is 12.6. The van der Waals surface area contributed by atoms with E-state index in [1.165, 1.54) is 10.9 Å². The third kappa shape index (κ3) is 3.59. The van der Waals surface area contributed by atoms with Crippen molar-refractivity contribution in [2.45, 2.75) is 19.9 Å². The zero-order chi connectivity index (χ0) is 17.8. The maximum Gasteiger partial charge on any atom is 0.261 e. The highest BCUT2D eigenvalue weighted by atomic mass is 16.1. The lowest BCUT2D eigenvalue weighted by Crippen LogP contribution is -2.23. The van der Waals surface area contributed by atoms with Crippen LogP contribution >= 0.6 is 0 Å². The van der Waals surface area contributed by atoms with Gasteiger partial charge >= 0.3 is 0 Å². The number of nitrogens with one attached hydrogen (secondary N) is 1. The maximum atomic E-state index is 12.5. The summed E-state index contributed by atoms with van der Waals surface area (Å²) in [5.74, 6) is 2.33. The van der Waals surface area contributed by atoms with Crippen molar-refractivity contribution in [3.8, 4) is 12.3 Å². The smallest absolute Gasteiger partial charge is 0.261 e. The first-order valence-corrected chi connectivity index (χ1v) is 7.90. The standard InChI is InChI=1S/C20H17N3O2/c1-3-15-7-5-8-16(12-15)22-18(24)10-11-23-13-21-19-14(2)6-4-9-17(19)20(23)25/h1,4-9,12-13H,10-11H2,2H3,(H,22,24). The van der Waals surface area contributed by atoms with Crippen LogP contribution < -0.4 is 10.9 Å². The molecule has 0 aliphatic rings. The van der Waals surface area contributed by atoms with Crippen LogP contribution in [0.1, 0.15) is 17.5 Å². The lowest BCUT2D eigenvalue weighted by molar-refractivity contribution is -0.116. The van der Waals surface area contributed by atoms with Crippen molar-refractivity contribution >= 4 is 22.5 Å². The van der Waals surface area contributed by atoms with E-state index in [2.05, 4.69) is 16.2 Å². The first-order chi connectivity index (χ1) is 12.1. The normalized spacial score (nSPS) is 10.4. The molecule has 0 radical (unpaired) electrons. The third-order valence-corrected chi connectivity index (χ3v) is 3.95. The topological polar surface area (TPSA) is 64.0 Å². The Morgan fingerprint density at radius 1 is 1.28 bits per heavy atom. The van der Waals surface area contributed by atoms with E-state index in [9.17, 15) is 9.59 Å². The summed E-state index contributed by atoms with van der Waals surface area (Å²) in [5, 5.41) is 3.34. The predicted octanol–water partition coefficient (Wildman–Crippen LogP) is 2.72. The number of hydrogen-bond acceptors (Lipinski definition) is 3. The van der Waals surface area contributed by atoms with Gasteiger partial charge in [0.1, 0.15) is 0 Å². The molecule has 0 bridgehead atoms. The number of aryl methyl sites for hydroxylation is 2. The maximum absolute atomic E-state index is 12.5. The number of carbonyl (C=O) groups is 1. The third-order valence-electron chi connectivity index (χ3n) is 3.95. The second-order valence-corrected chi connectivity index (χ2v) is 5.74. The summed E-state index contributed by atoms with van der Waals surface area (Å²) >= 11 is 0. The van der Waals surface area contributed by atoms with Crippen molar-refractivity contribution < 1.29 is 4.79 Å². The number of rotatable bonds is 4. The summed E-state index contributed by atoms with van der Waals surface area (Å²) < 4.78 is 1.46. The monoisotopic (exact) mass is 331 g/mol. The molecule has 0 aliphatic carbocycles. The van der Waals surface area contributed by atoms with E-state index in [-0.39, 0.29) is 24.4 Å². The SMILES string of the molecule is C#Cc1cccc(NC(=O)CCn2cnc3c(C)cccc3c2=O)c1. The molecule has 1 N–H and O–H groups in total. The molecule has 124 valence electrons. The van der Waals surface area contributed by atoms with E-state index in [4.69, 9.17) is 6.42 Å². The second kappa shape index (κ2) is 7.02. The number of aromatic nitrogens is 2. The van der Waals surface area contributed by atoms with E-state index in [0.29, 0.717) is 22.2 Å². The van der Waals surface area contributed by atoms with Crippen molar-refractivity contribution in [2.24, 2.45) is 0 Å². The number of para-hydroxylation sites is 1. The minimum atomic E-state index is -0.189. The Labute approximate surface area is 145 Å². The van der Waals surface area contributed by atoms with Crippen LogP contribution in [0.4, 0.5) is 5.69 Å². The Kier molecular flexibility index (Phi) is 4.62. The Hall–Kier alpha value is -3.39. The van der Waals surface area contributed by atoms with Crippen molar-refractivity contribution in [3.63, 3.8) is 0 Å². The van der Waals surface area contributed by atoms with Crippen molar-refractivity contribution in [2.75, 3.05) is 5.32 Å². The van der Waals surface area contributed by atoms with Crippen LogP contribution in [0.5, 0.6) is 0 Å². The molecule has 0 aliphatic heterocycles. The number of hydrogen-bond donors (Lipinski definition) is 1. The Morgan fingerprint density at radius 2 is 2.08 bits per heavy atom. The Balaban J connectivity index is 1.72. The first kappa shape index (κ1) is 16.5. The van der Waals surface area contributed by atoms with E-state index >= 15 is 0 Å². The number of carbonyl (C=O) groups excluding carboxylic acids is 1. The number of anilines is 1. The fourth-order valence-corrected chi connectivity index (χ4v) is 2.63. The van der Waals surface area contributed by atoms with Crippen LogP contribution in [0.3, 0.4) is 0 Å². The van der Waals surface area contributed by atoms with Gasteiger partial charge in [0.25, 0.3) is 5.56 Å². The van der Waals surface area contributed by atoms with Crippen molar-refractivity contribution in [1.82, 2.24) is 9.55 Å². The molecule has 1 aromatic heterocycles. The minimum Gasteiger partial charge on any atom is -0.326 e. The molecule has 3 aromatic rings. The zero-order valence-corrected chi connectivity index (χ0v) is 13.8. The van der Waals surface area contributed by atoms with Gasteiger partial charge in [-0.3, -0.25) is 14.2 Å². The minimum absolute atomic E-state index is 0.143. The number of nitrogens with zero attached hydrogens (tertiary/aromatic N) is 2. The van der Waals surface area contributed by atoms with Gasteiger partial charge in [-0.05, 0) is 36.8 Å². The summed E-state index contributed by atoms with van der Waals surface area (Å²) in [6.07, 6.45) is 7.00. The van der Waals surface area contributed by atoms with Gasteiger partial charge in [0.05, 0.1) is 17.2 Å². The molecule has 5 nitrogen and oxygen atoms in total. The molecule has 0 atom stereocenters. The van der Waals surface area contributed by atoms with Gasteiger partial charge in [-0.2, -0.15) is 0 Å². The van der Waals surface area contributed by atoms with Crippen LogP contribution in [0, 0.1) is 19.3 Å². The quantitative estimate of drug-likeness (QED) is 0.748. The van der Waals surface area contributed by atoms with Crippen molar-refractivity contribution in [3.05, 3.63) is 70.3 Å². The average molecular weight is 331 g/mol. The molecule has 25 heavy (non-hydrogen) atoms. The highest BCUT2D eigenvalue weighted by molar-refractivity contribution is 5.90. The van der Waals surface area contributed by atoms with Crippen LogP contribution in [0.15, 0.2) is 53.6 Å². The number of terminal acetylenes is 1. The molecule has 3 rings (SSSR count). The first-order valence-electron chi connectivity index (χ1n) is 7.90. The molecule has 5 heteroatoms. The van der Waals surface area contributed by atoms with Gasteiger partial charge in [0.15, 0.2) is 0 Å². The van der Waals surface area contributed by atoms with Crippen LogP contribution in [0.2, 0.25) is 0 Å². The second-order valence-electron chi connectivity index (χ2n) is 5.74. The molecule has 0 spiro atoms. The number of fused-ring (bicyclic) bond motifs is 1. The van der Waals surface area contributed by atoms with Crippen molar-refractivity contribution in [1.29, 1.82) is 0 Å². The fraction of sp³-hybridized carbons (Fsp3) is 0.150. The van der Waals surface area contributed by atoms with E-state index in [1.54, 1.807) is 30.3 Å². The Bertz CT molecular complexity index is 1040. The summed E-state index contributed by atoms with van der Waals surface area (Å²) in [6.45, 7) is 2.17. The molecule has 1 heterocycles. The van der Waals surface area contributed by atoms with E-state index in [0.717, 1.165) is 5.56 Å². The van der Waals surface area contributed by atoms with Gasteiger partial charge in [-0.25, -0.2) is 4.98 Å². The molecule has 1 amide bonds. The largest absolute Gasteiger partial charge is 0.326 e. The molecule has 0 fully saturated rings.